The van der Waals surface area contributed by atoms with Crippen molar-refractivity contribution < 1.29 is 21.1 Å². The average Bonchev–Trinajstić information content (AvgIpc) is 3.35. The summed E-state index contributed by atoms with van der Waals surface area (Å²) in [5.41, 5.74) is 7.13. The molecule has 1 atom stereocenters. The minimum absolute atomic E-state index is 0. The van der Waals surface area contributed by atoms with Crippen LogP contribution in [0.15, 0.2) is 126 Å². The van der Waals surface area contributed by atoms with E-state index in [4.69, 9.17) is 4.99 Å². The van der Waals surface area contributed by atoms with E-state index in [2.05, 4.69) is 111 Å². The third-order valence-corrected chi connectivity index (χ3v) is 7.46. The largest absolute Gasteiger partial charge is 2.00 e. The van der Waals surface area contributed by atoms with Crippen LogP contribution in [0.3, 0.4) is 0 Å². The van der Waals surface area contributed by atoms with Crippen LogP contribution in [0.5, 0.6) is 0 Å². The SMILES string of the molecule is [Pt+2].[c-]1c(-c2ccccn2)ccc2c3ccccc3n(-c3[c-]c4c(cc3)c3ccccc3n4C3C=CC=CC=N3)c12. The summed E-state index contributed by atoms with van der Waals surface area (Å²) in [6.07, 6.45) is 11.7. The average molecular weight is 694 g/mol. The minimum atomic E-state index is -0.158. The molecule has 7 aromatic rings. The summed E-state index contributed by atoms with van der Waals surface area (Å²) >= 11 is 0. The number of allylic oxidation sites excluding steroid dienone is 3. The van der Waals surface area contributed by atoms with Gasteiger partial charge in [-0.05, 0) is 52.3 Å². The van der Waals surface area contributed by atoms with E-state index in [1.54, 1.807) is 0 Å². The standard InChI is InChI=1S/C35H22N4.Pt/c1-2-15-35(37-21-8-1)39-32-14-6-4-11-27(32)29-19-17-25(23-34(29)39)38-31-13-5-3-10-26(31)28-18-16-24(22-33(28)38)30-12-7-9-20-36-30;/h1-21,35H;/q-2;+2. The monoisotopic (exact) mass is 693 g/mol. The normalized spacial score (nSPS) is 14.8. The van der Waals surface area contributed by atoms with E-state index < -0.39 is 0 Å². The Bertz CT molecular complexity index is 2110. The molecule has 0 aliphatic carbocycles. The molecule has 3 aromatic heterocycles. The van der Waals surface area contributed by atoms with Crippen molar-refractivity contribution >= 4 is 49.8 Å². The zero-order chi connectivity index (χ0) is 25.8. The Morgan fingerprint density at radius 3 is 2.23 bits per heavy atom. The Morgan fingerprint density at radius 2 is 1.38 bits per heavy atom. The zero-order valence-corrected chi connectivity index (χ0v) is 23.6. The maximum Gasteiger partial charge on any atom is 2.00 e. The molecule has 0 saturated carbocycles. The van der Waals surface area contributed by atoms with Crippen LogP contribution in [0.1, 0.15) is 6.17 Å². The van der Waals surface area contributed by atoms with Crippen molar-refractivity contribution in [1.29, 1.82) is 0 Å². The van der Waals surface area contributed by atoms with E-state index in [9.17, 15) is 0 Å². The van der Waals surface area contributed by atoms with Crippen molar-refractivity contribution in [2.24, 2.45) is 4.99 Å². The smallest absolute Gasteiger partial charge is 0.352 e. The molecule has 4 heterocycles. The van der Waals surface area contributed by atoms with Crippen LogP contribution in [0.25, 0.3) is 60.6 Å². The fourth-order valence-corrected chi connectivity index (χ4v) is 5.75. The van der Waals surface area contributed by atoms with Crippen molar-refractivity contribution in [3.63, 3.8) is 0 Å². The van der Waals surface area contributed by atoms with Gasteiger partial charge in [-0.25, -0.2) is 0 Å². The predicted octanol–water partition coefficient (Wildman–Crippen LogP) is 8.25. The molecular formula is C35H22N4Pt. The topological polar surface area (TPSA) is 35.1 Å². The van der Waals surface area contributed by atoms with Gasteiger partial charge in [0, 0.05) is 23.4 Å². The van der Waals surface area contributed by atoms with Crippen molar-refractivity contribution in [1.82, 2.24) is 14.1 Å². The first kappa shape index (κ1) is 24.5. The number of rotatable bonds is 3. The molecule has 1 aliphatic heterocycles. The number of hydrogen-bond acceptors (Lipinski definition) is 2. The van der Waals surface area contributed by atoms with E-state index in [1.165, 1.54) is 10.8 Å². The molecule has 40 heavy (non-hydrogen) atoms. The van der Waals surface area contributed by atoms with Crippen LogP contribution in [0, 0.1) is 12.1 Å². The molecule has 0 N–H and O–H groups in total. The van der Waals surface area contributed by atoms with E-state index in [0.29, 0.717) is 0 Å². The van der Waals surface area contributed by atoms with Gasteiger partial charge in [-0.1, -0.05) is 77.3 Å². The Balaban J connectivity index is 0.00000264. The summed E-state index contributed by atoms with van der Waals surface area (Å²) in [5.74, 6) is 0. The van der Waals surface area contributed by atoms with Gasteiger partial charge >= 0.3 is 21.1 Å². The van der Waals surface area contributed by atoms with Crippen LogP contribution in [0.4, 0.5) is 0 Å². The van der Waals surface area contributed by atoms with Gasteiger partial charge in [0.15, 0.2) is 0 Å². The van der Waals surface area contributed by atoms with Crippen LogP contribution in [-0.4, -0.2) is 20.3 Å². The summed E-state index contributed by atoms with van der Waals surface area (Å²) in [6, 6.07) is 39.2. The maximum absolute atomic E-state index is 4.83. The summed E-state index contributed by atoms with van der Waals surface area (Å²) in [4.78, 5) is 9.40. The molecule has 0 bridgehead atoms. The van der Waals surface area contributed by atoms with Gasteiger partial charge in [0.05, 0.1) is 0 Å². The van der Waals surface area contributed by atoms with Crippen molar-refractivity contribution in [2.75, 3.05) is 0 Å². The van der Waals surface area contributed by atoms with E-state index in [-0.39, 0.29) is 27.2 Å². The predicted molar refractivity (Wildman–Crippen MR) is 160 cm³/mol. The quantitative estimate of drug-likeness (QED) is 0.172. The molecule has 5 heteroatoms. The van der Waals surface area contributed by atoms with Gasteiger partial charge in [0.25, 0.3) is 0 Å². The van der Waals surface area contributed by atoms with Gasteiger partial charge < -0.3 is 14.1 Å². The van der Waals surface area contributed by atoms with Crippen LogP contribution in [-0.2, 0) is 21.1 Å². The molecule has 1 unspecified atom stereocenters. The van der Waals surface area contributed by atoms with Gasteiger partial charge in [-0.2, -0.15) is 6.07 Å². The molecule has 8 rings (SSSR count). The summed E-state index contributed by atoms with van der Waals surface area (Å²) in [7, 11) is 0. The van der Waals surface area contributed by atoms with Crippen LogP contribution >= 0.6 is 0 Å². The first-order valence-corrected chi connectivity index (χ1v) is 13.1. The molecule has 1 aliphatic rings. The third-order valence-electron chi connectivity index (χ3n) is 7.46. The molecule has 0 fully saturated rings. The van der Waals surface area contributed by atoms with Gasteiger partial charge in [0.1, 0.15) is 6.17 Å². The van der Waals surface area contributed by atoms with Crippen molar-refractivity contribution in [2.45, 2.75) is 6.17 Å². The number of hydrogen-bond donors (Lipinski definition) is 0. The Kier molecular flexibility index (Phi) is 6.06. The molecule has 4 aromatic carbocycles. The summed E-state index contributed by atoms with van der Waals surface area (Å²) in [6.45, 7) is 0. The Morgan fingerprint density at radius 1 is 0.625 bits per heavy atom. The molecular weight excluding hydrogens is 671 g/mol. The molecule has 0 spiro atoms. The molecule has 4 nitrogen and oxygen atoms in total. The first-order chi connectivity index (χ1) is 19.4. The van der Waals surface area contributed by atoms with Crippen LogP contribution in [0.2, 0.25) is 0 Å². The number of aliphatic imine (C=N–C) groups is 1. The zero-order valence-electron chi connectivity index (χ0n) is 21.3. The first-order valence-electron chi connectivity index (χ1n) is 13.1. The minimum Gasteiger partial charge on any atom is -0.352 e. The molecule has 192 valence electrons. The Labute approximate surface area is 245 Å². The van der Waals surface area contributed by atoms with E-state index >= 15 is 0 Å². The number of nitrogens with zero attached hydrogens (tertiary/aromatic N) is 4. The summed E-state index contributed by atoms with van der Waals surface area (Å²) < 4.78 is 4.55. The fourth-order valence-electron chi connectivity index (χ4n) is 5.75. The van der Waals surface area contributed by atoms with Gasteiger partial charge in [0.2, 0.25) is 0 Å². The fraction of sp³-hybridized carbons (Fsp3) is 0.0286. The number of fused-ring (bicyclic) bond motifs is 6. The summed E-state index contributed by atoms with van der Waals surface area (Å²) in [5, 5.41) is 4.70. The number of para-hydroxylation sites is 2. The molecule has 0 radical (unpaired) electrons. The van der Waals surface area contributed by atoms with Crippen molar-refractivity contribution in [3.05, 3.63) is 134 Å². The second kappa shape index (κ2) is 9.89. The second-order valence-corrected chi connectivity index (χ2v) is 9.68. The van der Waals surface area contributed by atoms with Crippen LogP contribution < -0.4 is 0 Å². The number of pyridine rings is 1. The van der Waals surface area contributed by atoms with E-state index in [0.717, 1.165) is 49.8 Å². The number of aromatic nitrogens is 3. The number of benzene rings is 4. The second-order valence-electron chi connectivity index (χ2n) is 9.68. The van der Waals surface area contributed by atoms with E-state index in [1.807, 2.05) is 42.8 Å². The molecule has 0 amide bonds. The third kappa shape index (κ3) is 3.79. The maximum atomic E-state index is 4.83. The molecule has 0 saturated heterocycles. The van der Waals surface area contributed by atoms with Crippen molar-refractivity contribution in [3.8, 4) is 16.9 Å². The van der Waals surface area contributed by atoms with Gasteiger partial charge in [-0.3, -0.25) is 4.99 Å². The van der Waals surface area contributed by atoms with Gasteiger partial charge in [-0.15, -0.1) is 41.3 Å². The Hall–Kier alpha value is -4.53.